The zero-order valence-electron chi connectivity index (χ0n) is 13.8. The molecule has 1 saturated carbocycles. The van der Waals surface area contributed by atoms with E-state index in [1.54, 1.807) is 0 Å². The third kappa shape index (κ3) is 4.89. The van der Waals surface area contributed by atoms with Crippen molar-refractivity contribution in [2.45, 2.75) is 44.6 Å². The summed E-state index contributed by atoms with van der Waals surface area (Å²) in [5.74, 6) is -0.323. The highest BCUT2D eigenvalue weighted by Gasteiger charge is 2.16. The maximum Gasteiger partial charge on any atom is 0.254 e. The molecule has 0 saturated heterocycles. The molecule has 0 radical (unpaired) electrons. The second-order valence-corrected chi connectivity index (χ2v) is 6.62. The number of nitrogens with zero attached hydrogens (tertiary/aromatic N) is 2. The van der Waals surface area contributed by atoms with Crippen molar-refractivity contribution in [1.82, 2.24) is 15.3 Å². The third-order valence-corrected chi connectivity index (χ3v) is 4.57. The van der Waals surface area contributed by atoms with Gasteiger partial charge < -0.3 is 10.6 Å². The zero-order chi connectivity index (χ0) is 17.6. The van der Waals surface area contributed by atoms with Crippen LogP contribution in [0.15, 0.2) is 30.6 Å². The Morgan fingerprint density at radius 3 is 2.44 bits per heavy atom. The van der Waals surface area contributed by atoms with Crippen LogP contribution in [0.2, 0.25) is 5.02 Å². The van der Waals surface area contributed by atoms with Crippen molar-refractivity contribution >= 4 is 29.1 Å². The Morgan fingerprint density at radius 1 is 1.12 bits per heavy atom. The van der Waals surface area contributed by atoms with E-state index in [2.05, 4.69) is 20.6 Å². The number of amides is 1. The molecule has 132 valence electrons. The quantitative estimate of drug-likeness (QED) is 0.788. The minimum Gasteiger partial charge on any atom is -0.349 e. The van der Waals surface area contributed by atoms with Crippen molar-refractivity contribution in [3.8, 4) is 0 Å². The molecule has 5 nitrogen and oxygen atoms in total. The zero-order valence-corrected chi connectivity index (χ0v) is 14.5. The number of halogens is 2. The summed E-state index contributed by atoms with van der Waals surface area (Å²) in [6.45, 7) is 0. The summed E-state index contributed by atoms with van der Waals surface area (Å²) >= 11 is 5.74. The van der Waals surface area contributed by atoms with Crippen LogP contribution < -0.4 is 10.6 Å². The summed E-state index contributed by atoms with van der Waals surface area (Å²) in [4.78, 5) is 20.6. The van der Waals surface area contributed by atoms with E-state index < -0.39 is 5.82 Å². The van der Waals surface area contributed by atoms with Crippen LogP contribution in [0.1, 0.15) is 48.9 Å². The second-order valence-electron chi connectivity index (χ2n) is 6.21. The highest BCUT2D eigenvalue weighted by molar-refractivity contribution is 6.31. The molecule has 1 aromatic carbocycles. The predicted octanol–water partition coefficient (Wildman–Crippen LogP) is 4.47. The van der Waals surface area contributed by atoms with Gasteiger partial charge in [0, 0.05) is 24.1 Å². The maximum absolute atomic E-state index is 13.2. The van der Waals surface area contributed by atoms with Crippen LogP contribution in [0, 0.1) is 5.82 Å². The number of hydrogen-bond donors (Lipinski definition) is 2. The van der Waals surface area contributed by atoms with Gasteiger partial charge in [0.05, 0.1) is 10.6 Å². The fraction of sp³-hybridized carbons (Fsp3) is 0.389. The summed E-state index contributed by atoms with van der Waals surface area (Å²) in [5.41, 5.74) is 0.994. The molecule has 1 heterocycles. The number of hydrogen-bond acceptors (Lipinski definition) is 4. The van der Waals surface area contributed by atoms with Gasteiger partial charge >= 0.3 is 0 Å². The van der Waals surface area contributed by atoms with E-state index in [4.69, 9.17) is 11.6 Å². The molecule has 1 aliphatic rings. The number of rotatable bonds is 4. The summed E-state index contributed by atoms with van der Waals surface area (Å²) in [5, 5.41) is 6.00. The van der Waals surface area contributed by atoms with Crippen LogP contribution >= 0.6 is 11.6 Å². The highest BCUT2D eigenvalue weighted by Crippen LogP contribution is 2.21. The molecule has 3 rings (SSSR count). The first-order valence-corrected chi connectivity index (χ1v) is 8.84. The van der Waals surface area contributed by atoms with Crippen LogP contribution in [0.5, 0.6) is 0 Å². The Bertz CT molecular complexity index is 730. The van der Waals surface area contributed by atoms with Gasteiger partial charge in [0.15, 0.2) is 0 Å². The molecule has 1 aliphatic carbocycles. The van der Waals surface area contributed by atoms with Crippen LogP contribution in [0.25, 0.3) is 0 Å². The van der Waals surface area contributed by atoms with Crippen molar-refractivity contribution in [1.29, 1.82) is 0 Å². The number of carbonyl (C=O) groups excluding carboxylic acids is 1. The fourth-order valence-electron chi connectivity index (χ4n) is 2.91. The smallest absolute Gasteiger partial charge is 0.254 e. The van der Waals surface area contributed by atoms with E-state index in [-0.39, 0.29) is 17.0 Å². The Labute approximate surface area is 151 Å². The van der Waals surface area contributed by atoms with Gasteiger partial charge in [-0.3, -0.25) is 4.79 Å². The monoisotopic (exact) mass is 362 g/mol. The molecule has 0 spiro atoms. The van der Waals surface area contributed by atoms with Crippen LogP contribution in [0.4, 0.5) is 16.0 Å². The number of benzene rings is 1. The Morgan fingerprint density at radius 2 is 1.80 bits per heavy atom. The number of nitrogens with one attached hydrogen (secondary N) is 2. The molecule has 2 aromatic rings. The Hall–Kier alpha value is -2.21. The van der Waals surface area contributed by atoms with E-state index in [1.165, 1.54) is 43.4 Å². The molecule has 1 fully saturated rings. The molecule has 0 bridgehead atoms. The predicted molar refractivity (Wildman–Crippen MR) is 95.7 cm³/mol. The van der Waals surface area contributed by atoms with Gasteiger partial charge in [-0.1, -0.05) is 37.3 Å². The summed E-state index contributed by atoms with van der Waals surface area (Å²) < 4.78 is 13.2. The SMILES string of the molecule is O=C(NC1CCCCCC1)c1cnc(Nc2ccc(F)c(Cl)c2)nc1. The van der Waals surface area contributed by atoms with Gasteiger partial charge in [-0.15, -0.1) is 0 Å². The van der Waals surface area contributed by atoms with Gasteiger partial charge in [0.2, 0.25) is 5.95 Å². The lowest BCUT2D eigenvalue weighted by Gasteiger charge is -2.16. The van der Waals surface area contributed by atoms with E-state index in [1.807, 2.05) is 0 Å². The molecule has 1 aromatic heterocycles. The largest absolute Gasteiger partial charge is 0.349 e. The summed E-state index contributed by atoms with van der Waals surface area (Å²) in [6, 6.07) is 4.48. The number of aromatic nitrogens is 2. The number of anilines is 2. The molecule has 0 unspecified atom stereocenters. The first-order chi connectivity index (χ1) is 12.1. The normalized spacial score (nSPS) is 15.4. The molecule has 2 N–H and O–H groups in total. The van der Waals surface area contributed by atoms with Crippen LogP contribution in [-0.2, 0) is 0 Å². The van der Waals surface area contributed by atoms with E-state index in [0.29, 0.717) is 17.2 Å². The van der Waals surface area contributed by atoms with E-state index in [9.17, 15) is 9.18 Å². The minimum absolute atomic E-state index is 0.0180. The minimum atomic E-state index is -0.487. The van der Waals surface area contributed by atoms with E-state index in [0.717, 1.165) is 25.7 Å². The average Bonchev–Trinajstić information content (AvgIpc) is 2.87. The van der Waals surface area contributed by atoms with E-state index >= 15 is 0 Å². The standard InChI is InChI=1S/C18H20ClFN4O/c19-15-9-14(7-8-16(15)20)24-18-21-10-12(11-22-18)17(25)23-13-5-3-1-2-4-6-13/h7-11,13H,1-6H2,(H,23,25)(H,21,22,24). The Kier molecular flexibility index (Phi) is 5.81. The lowest BCUT2D eigenvalue weighted by Crippen LogP contribution is -2.34. The molecule has 1 amide bonds. The number of carbonyl (C=O) groups is 1. The average molecular weight is 363 g/mol. The van der Waals surface area contributed by atoms with Gasteiger partial charge in [-0.2, -0.15) is 0 Å². The van der Waals surface area contributed by atoms with Crippen molar-refractivity contribution in [2.75, 3.05) is 5.32 Å². The molecule has 0 aliphatic heterocycles. The lowest BCUT2D eigenvalue weighted by atomic mass is 10.1. The van der Waals surface area contributed by atoms with Gasteiger partial charge in [0.25, 0.3) is 5.91 Å². The molecule has 7 heteroatoms. The first-order valence-electron chi connectivity index (χ1n) is 8.47. The summed E-state index contributed by atoms with van der Waals surface area (Å²) in [6.07, 6.45) is 9.80. The second kappa shape index (κ2) is 8.25. The molecule has 25 heavy (non-hydrogen) atoms. The highest BCUT2D eigenvalue weighted by atomic mass is 35.5. The van der Waals surface area contributed by atoms with Gasteiger partial charge in [-0.05, 0) is 31.0 Å². The topological polar surface area (TPSA) is 66.9 Å². The van der Waals surface area contributed by atoms with Crippen molar-refractivity contribution in [2.24, 2.45) is 0 Å². The summed E-state index contributed by atoms with van der Waals surface area (Å²) in [7, 11) is 0. The van der Waals surface area contributed by atoms with Gasteiger partial charge in [-0.25, -0.2) is 14.4 Å². The van der Waals surface area contributed by atoms with Gasteiger partial charge in [0.1, 0.15) is 5.82 Å². The van der Waals surface area contributed by atoms with Crippen molar-refractivity contribution < 1.29 is 9.18 Å². The van der Waals surface area contributed by atoms with Crippen LogP contribution in [0.3, 0.4) is 0 Å². The maximum atomic E-state index is 13.2. The molecular weight excluding hydrogens is 343 g/mol. The Balaban J connectivity index is 1.60. The lowest BCUT2D eigenvalue weighted by molar-refractivity contribution is 0.0932. The fourth-order valence-corrected chi connectivity index (χ4v) is 3.09. The molecular formula is C18H20ClFN4O. The first kappa shape index (κ1) is 17.6. The van der Waals surface area contributed by atoms with Crippen molar-refractivity contribution in [3.05, 3.63) is 47.0 Å². The van der Waals surface area contributed by atoms with Crippen LogP contribution in [-0.4, -0.2) is 21.9 Å². The molecule has 0 atom stereocenters. The van der Waals surface area contributed by atoms with Crippen molar-refractivity contribution in [3.63, 3.8) is 0 Å². The third-order valence-electron chi connectivity index (χ3n) is 4.28.